The summed E-state index contributed by atoms with van der Waals surface area (Å²) in [5.41, 5.74) is 1.34. The van der Waals surface area contributed by atoms with E-state index in [4.69, 9.17) is 16.3 Å². The monoisotopic (exact) mass is 347 g/mol. The van der Waals surface area contributed by atoms with E-state index >= 15 is 0 Å². The average Bonchev–Trinajstić information content (AvgIpc) is 2.53. The van der Waals surface area contributed by atoms with Crippen molar-refractivity contribution in [3.63, 3.8) is 0 Å². The molecule has 1 amide bonds. The summed E-state index contributed by atoms with van der Waals surface area (Å²) in [5.74, 6) is 3.43. The van der Waals surface area contributed by atoms with E-state index in [9.17, 15) is 4.79 Å². The summed E-state index contributed by atoms with van der Waals surface area (Å²) in [4.78, 5) is 12.2. The van der Waals surface area contributed by atoms with Crippen molar-refractivity contribution in [1.82, 2.24) is 5.32 Å². The zero-order valence-corrected chi connectivity index (χ0v) is 15.1. The molecule has 4 heteroatoms. The van der Waals surface area contributed by atoms with E-state index in [2.05, 4.69) is 5.32 Å². The first-order chi connectivity index (χ1) is 11.5. The highest BCUT2D eigenvalue weighted by Crippen LogP contribution is 2.59. The molecule has 0 unspecified atom stereocenters. The van der Waals surface area contributed by atoms with Crippen LogP contribution in [0.4, 0.5) is 0 Å². The highest BCUT2D eigenvalue weighted by molar-refractivity contribution is 6.31. The number of amides is 1. The Morgan fingerprint density at radius 3 is 2.42 bits per heavy atom. The summed E-state index contributed by atoms with van der Waals surface area (Å²) in [6.07, 6.45) is 8.26. The van der Waals surface area contributed by atoms with Crippen molar-refractivity contribution in [1.29, 1.82) is 0 Å². The first-order valence-electron chi connectivity index (χ1n) is 9.17. The fourth-order valence-corrected chi connectivity index (χ4v) is 5.82. The van der Waals surface area contributed by atoms with Crippen LogP contribution in [-0.4, -0.2) is 19.1 Å². The summed E-state index contributed by atoms with van der Waals surface area (Å²) in [7, 11) is 0. The van der Waals surface area contributed by atoms with Crippen LogP contribution in [0, 0.1) is 30.1 Å². The molecule has 4 bridgehead atoms. The Labute approximate surface area is 149 Å². The highest BCUT2D eigenvalue weighted by atomic mass is 35.5. The SMILES string of the molecule is Cc1cc(OCC(=O)NCC23CC4CC(CC(C4)C2)C3)ccc1Cl. The predicted octanol–water partition coefficient (Wildman–Crippen LogP) is 4.36. The molecule has 1 aromatic carbocycles. The zero-order valence-electron chi connectivity index (χ0n) is 14.3. The van der Waals surface area contributed by atoms with Gasteiger partial charge in [-0.15, -0.1) is 0 Å². The van der Waals surface area contributed by atoms with Gasteiger partial charge < -0.3 is 10.1 Å². The number of carbonyl (C=O) groups excluding carboxylic acids is 1. The van der Waals surface area contributed by atoms with Crippen LogP contribution < -0.4 is 10.1 Å². The molecule has 0 heterocycles. The summed E-state index contributed by atoms with van der Waals surface area (Å²) in [6, 6.07) is 5.48. The molecule has 0 saturated heterocycles. The lowest BCUT2D eigenvalue weighted by molar-refractivity contribution is -0.125. The number of halogens is 1. The maximum absolute atomic E-state index is 12.2. The second-order valence-electron chi connectivity index (χ2n) is 8.39. The third kappa shape index (κ3) is 3.28. The van der Waals surface area contributed by atoms with E-state index in [1.165, 1.54) is 38.5 Å². The normalized spacial score (nSPS) is 33.5. The van der Waals surface area contributed by atoms with Gasteiger partial charge in [-0.2, -0.15) is 0 Å². The van der Waals surface area contributed by atoms with Crippen molar-refractivity contribution in [3.05, 3.63) is 28.8 Å². The molecular weight excluding hydrogens is 322 g/mol. The molecule has 0 aromatic heterocycles. The molecule has 4 fully saturated rings. The topological polar surface area (TPSA) is 38.3 Å². The van der Waals surface area contributed by atoms with Gasteiger partial charge in [0.1, 0.15) is 5.75 Å². The number of carbonyl (C=O) groups is 1. The van der Waals surface area contributed by atoms with Crippen LogP contribution in [0.15, 0.2) is 18.2 Å². The van der Waals surface area contributed by atoms with Crippen LogP contribution >= 0.6 is 11.6 Å². The van der Waals surface area contributed by atoms with Crippen LogP contribution in [0.3, 0.4) is 0 Å². The number of hydrogen-bond donors (Lipinski definition) is 1. The van der Waals surface area contributed by atoms with Gasteiger partial charge in [0.05, 0.1) is 0 Å². The number of hydrogen-bond acceptors (Lipinski definition) is 2. The molecule has 4 aliphatic carbocycles. The van der Waals surface area contributed by atoms with Crippen LogP contribution in [0.2, 0.25) is 5.02 Å². The molecule has 1 N–H and O–H groups in total. The van der Waals surface area contributed by atoms with Crippen molar-refractivity contribution < 1.29 is 9.53 Å². The molecule has 24 heavy (non-hydrogen) atoms. The van der Waals surface area contributed by atoms with Gasteiger partial charge in [0.25, 0.3) is 5.91 Å². The van der Waals surface area contributed by atoms with Gasteiger partial charge in [0.2, 0.25) is 0 Å². The van der Waals surface area contributed by atoms with E-state index in [0.29, 0.717) is 16.2 Å². The third-order valence-corrected chi connectivity index (χ3v) is 6.75. The Hall–Kier alpha value is -1.22. The van der Waals surface area contributed by atoms with Crippen LogP contribution in [0.1, 0.15) is 44.1 Å². The second-order valence-corrected chi connectivity index (χ2v) is 8.80. The van der Waals surface area contributed by atoms with Gasteiger partial charge in [-0.3, -0.25) is 4.79 Å². The first kappa shape index (κ1) is 16.3. The van der Waals surface area contributed by atoms with Gasteiger partial charge in [-0.05, 0) is 92.4 Å². The lowest BCUT2D eigenvalue weighted by Gasteiger charge is -2.56. The van der Waals surface area contributed by atoms with E-state index < -0.39 is 0 Å². The van der Waals surface area contributed by atoms with E-state index in [1.54, 1.807) is 6.07 Å². The number of rotatable bonds is 5. The van der Waals surface area contributed by atoms with Crippen molar-refractivity contribution in [2.24, 2.45) is 23.2 Å². The largest absolute Gasteiger partial charge is 0.484 e. The average molecular weight is 348 g/mol. The fourth-order valence-electron chi connectivity index (χ4n) is 5.70. The molecule has 1 aromatic rings. The zero-order chi connectivity index (χ0) is 16.7. The number of ether oxygens (including phenoxy) is 1. The van der Waals surface area contributed by atoms with Crippen LogP contribution in [0.5, 0.6) is 5.75 Å². The lowest BCUT2D eigenvalue weighted by Crippen LogP contribution is -2.51. The number of nitrogens with one attached hydrogen (secondary N) is 1. The molecule has 0 spiro atoms. The Balaban J connectivity index is 1.28. The van der Waals surface area contributed by atoms with E-state index in [-0.39, 0.29) is 12.5 Å². The lowest BCUT2D eigenvalue weighted by atomic mass is 9.49. The Bertz CT molecular complexity index is 607. The number of benzene rings is 1. The maximum atomic E-state index is 12.2. The summed E-state index contributed by atoms with van der Waals surface area (Å²) >= 11 is 6.01. The van der Waals surface area contributed by atoms with Crippen molar-refractivity contribution in [3.8, 4) is 5.75 Å². The van der Waals surface area contributed by atoms with Crippen molar-refractivity contribution >= 4 is 17.5 Å². The quantitative estimate of drug-likeness (QED) is 0.859. The molecule has 0 radical (unpaired) electrons. The highest BCUT2D eigenvalue weighted by Gasteiger charge is 2.50. The van der Waals surface area contributed by atoms with Gasteiger partial charge in [0, 0.05) is 11.6 Å². The standard InChI is InChI=1S/C20H26ClNO2/c1-13-4-17(2-3-18(13)21)24-11-19(23)22-12-20-8-14-5-15(9-20)7-16(6-14)10-20/h2-4,14-16H,5-12H2,1H3,(H,22,23). The fraction of sp³-hybridized carbons (Fsp3) is 0.650. The van der Waals surface area contributed by atoms with Gasteiger partial charge in [-0.25, -0.2) is 0 Å². The molecule has 4 aliphatic rings. The number of aryl methyl sites for hydroxylation is 1. The second kappa shape index (κ2) is 6.25. The minimum absolute atomic E-state index is 0.0154. The van der Waals surface area contributed by atoms with Crippen LogP contribution in [-0.2, 0) is 4.79 Å². The Morgan fingerprint density at radius 2 is 1.83 bits per heavy atom. The van der Waals surface area contributed by atoms with Crippen molar-refractivity contribution in [2.45, 2.75) is 45.4 Å². The van der Waals surface area contributed by atoms with Crippen molar-refractivity contribution in [2.75, 3.05) is 13.2 Å². The molecule has 0 atom stereocenters. The minimum Gasteiger partial charge on any atom is -0.484 e. The Kier molecular flexibility index (Phi) is 4.24. The molecule has 0 aliphatic heterocycles. The third-order valence-electron chi connectivity index (χ3n) is 6.32. The summed E-state index contributed by atoms with van der Waals surface area (Å²) in [5, 5.41) is 3.86. The van der Waals surface area contributed by atoms with Crippen LogP contribution in [0.25, 0.3) is 0 Å². The molecule has 4 saturated carbocycles. The Morgan fingerprint density at radius 1 is 1.21 bits per heavy atom. The minimum atomic E-state index is -0.0154. The molecule has 3 nitrogen and oxygen atoms in total. The summed E-state index contributed by atoms with van der Waals surface area (Å²) < 4.78 is 5.60. The first-order valence-corrected chi connectivity index (χ1v) is 9.55. The van der Waals surface area contributed by atoms with Gasteiger partial charge in [0.15, 0.2) is 6.61 Å². The smallest absolute Gasteiger partial charge is 0.257 e. The van der Waals surface area contributed by atoms with Gasteiger partial charge in [-0.1, -0.05) is 11.6 Å². The summed E-state index contributed by atoms with van der Waals surface area (Å²) in [6.45, 7) is 2.84. The molecular formula is C20H26ClNO2. The molecule has 130 valence electrons. The predicted molar refractivity (Wildman–Crippen MR) is 95.3 cm³/mol. The maximum Gasteiger partial charge on any atom is 0.257 e. The molecule has 5 rings (SSSR count). The van der Waals surface area contributed by atoms with E-state index in [0.717, 1.165) is 29.9 Å². The van der Waals surface area contributed by atoms with Gasteiger partial charge >= 0.3 is 0 Å². The van der Waals surface area contributed by atoms with E-state index in [1.807, 2.05) is 19.1 Å².